The Morgan fingerprint density at radius 3 is 3.00 bits per heavy atom. The maximum atomic E-state index is 9.61. The molecular formula is C8H13BrO. The first-order valence-corrected chi connectivity index (χ1v) is 4.77. The molecule has 0 heterocycles. The van der Waals surface area contributed by atoms with E-state index >= 15 is 0 Å². The maximum absolute atomic E-state index is 9.61. The van der Waals surface area contributed by atoms with Crippen LogP contribution in [0.1, 0.15) is 19.8 Å². The Bertz CT molecular complexity index is 144. The van der Waals surface area contributed by atoms with Gasteiger partial charge < -0.3 is 5.11 Å². The van der Waals surface area contributed by atoms with Gasteiger partial charge in [-0.2, -0.15) is 0 Å². The SMILES string of the molecule is C/C=C/[C@]1(O)C[C@H]1CCBr. The van der Waals surface area contributed by atoms with Crippen LogP contribution in [0.3, 0.4) is 0 Å². The van der Waals surface area contributed by atoms with E-state index in [1.807, 2.05) is 19.1 Å². The first-order valence-electron chi connectivity index (χ1n) is 3.65. The van der Waals surface area contributed by atoms with Crippen molar-refractivity contribution in [3.63, 3.8) is 0 Å². The summed E-state index contributed by atoms with van der Waals surface area (Å²) in [5, 5.41) is 10.6. The van der Waals surface area contributed by atoms with E-state index in [-0.39, 0.29) is 0 Å². The minimum Gasteiger partial charge on any atom is -0.385 e. The zero-order valence-corrected chi connectivity index (χ0v) is 7.76. The van der Waals surface area contributed by atoms with Gasteiger partial charge in [0, 0.05) is 5.33 Å². The number of halogens is 1. The van der Waals surface area contributed by atoms with E-state index in [1.165, 1.54) is 0 Å². The molecule has 0 aliphatic heterocycles. The highest BCUT2D eigenvalue weighted by molar-refractivity contribution is 9.09. The molecule has 1 nitrogen and oxygen atoms in total. The summed E-state index contributed by atoms with van der Waals surface area (Å²) in [7, 11) is 0. The zero-order valence-electron chi connectivity index (χ0n) is 6.18. The van der Waals surface area contributed by atoms with Crippen LogP contribution >= 0.6 is 15.9 Å². The van der Waals surface area contributed by atoms with E-state index in [0.717, 1.165) is 18.2 Å². The Morgan fingerprint density at radius 1 is 1.80 bits per heavy atom. The van der Waals surface area contributed by atoms with E-state index in [1.54, 1.807) is 0 Å². The smallest absolute Gasteiger partial charge is 0.0860 e. The summed E-state index contributed by atoms with van der Waals surface area (Å²) in [6.45, 7) is 1.95. The number of allylic oxidation sites excluding steroid dienone is 1. The molecule has 0 aromatic carbocycles. The van der Waals surface area contributed by atoms with E-state index in [2.05, 4.69) is 15.9 Å². The standard InChI is InChI=1S/C8H13BrO/c1-2-4-8(10)6-7(8)3-5-9/h2,4,7,10H,3,5-6H2,1H3/b4-2+/t7-,8+/m1/s1. The molecular weight excluding hydrogens is 192 g/mol. The minimum atomic E-state index is -0.442. The molecule has 1 rings (SSSR count). The molecule has 1 fully saturated rings. The van der Waals surface area contributed by atoms with Crippen molar-refractivity contribution < 1.29 is 5.11 Å². The van der Waals surface area contributed by atoms with Gasteiger partial charge in [0.25, 0.3) is 0 Å². The number of hydrogen-bond donors (Lipinski definition) is 1. The highest BCUT2D eigenvalue weighted by Crippen LogP contribution is 2.47. The van der Waals surface area contributed by atoms with Crippen LogP contribution in [0.25, 0.3) is 0 Å². The van der Waals surface area contributed by atoms with E-state index in [0.29, 0.717) is 5.92 Å². The predicted molar refractivity (Wildman–Crippen MR) is 46.3 cm³/mol. The summed E-state index contributed by atoms with van der Waals surface area (Å²) >= 11 is 3.36. The molecule has 0 radical (unpaired) electrons. The first kappa shape index (κ1) is 8.28. The molecule has 1 aliphatic carbocycles. The third kappa shape index (κ3) is 1.61. The van der Waals surface area contributed by atoms with Gasteiger partial charge in [0.1, 0.15) is 0 Å². The molecule has 0 bridgehead atoms. The summed E-state index contributed by atoms with van der Waals surface area (Å²) in [6.07, 6.45) is 5.86. The number of hydrogen-bond acceptors (Lipinski definition) is 1. The molecule has 0 spiro atoms. The second-order valence-corrected chi connectivity index (χ2v) is 3.66. The number of alkyl halides is 1. The largest absolute Gasteiger partial charge is 0.385 e. The fourth-order valence-electron chi connectivity index (χ4n) is 1.31. The topological polar surface area (TPSA) is 20.2 Å². The maximum Gasteiger partial charge on any atom is 0.0860 e. The van der Waals surface area contributed by atoms with Crippen molar-refractivity contribution in [3.8, 4) is 0 Å². The van der Waals surface area contributed by atoms with Crippen LogP contribution in [-0.4, -0.2) is 16.0 Å². The molecule has 0 aromatic heterocycles. The Kier molecular flexibility index (Phi) is 2.53. The van der Waals surface area contributed by atoms with E-state index in [4.69, 9.17) is 0 Å². The molecule has 0 aromatic rings. The average molecular weight is 205 g/mol. The third-order valence-electron chi connectivity index (χ3n) is 2.03. The lowest BCUT2D eigenvalue weighted by Crippen LogP contribution is -2.06. The zero-order chi connectivity index (χ0) is 7.61. The molecule has 10 heavy (non-hydrogen) atoms. The van der Waals surface area contributed by atoms with Crippen LogP contribution in [0.4, 0.5) is 0 Å². The summed E-state index contributed by atoms with van der Waals surface area (Å²) in [5.74, 6) is 0.503. The van der Waals surface area contributed by atoms with Crippen LogP contribution in [0.15, 0.2) is 12.2 Å². The predicted octanol–water partition coefficient (Wildman–Crippen LogP) is 2.10. The van der Waals surface area contributed by atoms with Crippen molar-refractivity contribution in [2.24, 2.45) is 5.92 Å². The molecule has 2 atom stereocenters. The Balaban J connectivity index is 2.33. The number of aliphatic hydroxyl groups is 1. The minimum absolute atomic E-state index is 0.442. The van der Waals surface area contributed by atoms with Gasteiger partial charge in [-0.25, -0.2) is 0 Å². The monoisotopic (exact) mass is 204 g/mol. The fourth-order valence-corrected chi connectivity index (χ4v) is 1.86. The van der Waals surface area contributed by atoms with E-state index in [9.17, 15) is 5.11 Å². The van der Waals surface area contributed by atoms with Gasteiger partial charge in [0.15, 0.2) is 0 Å². The van der Waals surface area contributed by atoms with Crippen molar-refractivity contribution in [2.45, 2.75) is 25.4 Å². The van der Waals surface area contributed by atoms with E-state index < -0.39 is 5.60 Å². The highest BCUT2D eigenvalue weighted by Gasteiger charge is 2.49. The van der Waals surface area contributed by atoms with Crippen molar-refractivity contribution >= 4 is 15.9 Å². The van der Waals surface area contributed by atoms with Crippen LogP contribution < -0.4 is 0 Å². The average Bonchev–Trinajstić information content (AvgIpc) is 2.44. The van der Waals surface area contributed by atoms with Crippen molar-refractivity contribution in [2.75, 3.05) is 5.33 Å². The summed E-state index contributed by atoms with van der Waals surface area (Å²) in [5.41, 5.74) is -0.442. The third-order valence-corrected chi connectivity index (χ3v) is 2.49. The van der Waals surface area contributed by atoms with Crippen molar-refractivity contribution in [3.05, 3.63) is 12.2 Å². The van der Waals surface area contributed by atoms with Crippen LogP contribution in [0.2, 0.25) is 0 Å². The van der Waals surface area contributed by atoms with Crippen LogP contribution in [-0.2, 0) is 0 Å². The van der Waals surface area contributed by atoms with Crippen LogP contribution in [0.5, 0.6) is 0 Å². The second kappa shape index (κ2) is 3.05. The molecule has 1 aliphatic rings. The summed E-state index contributed by atoms with van der Waals surface area (Å²) < 4.78 is 0. The van der Waals surface area contributed by atoms with Gasteiger partial charge in [-0.05, 0) is 25.7 Å². The molecule has 0 unspecified atom stereocenters. The van der Waals surface area contributed by atoms with Crippen molar-refractivity contribution in [1.29, 1.82) is 0 Å². The molecule has 0 amide bonds. The van der Waals surface area contributed by atoms with Gasteiger partial charge >= 0.3 is 0 Å². The lowest BCUT2D eigenvalue weighted by molar-refractivity contribution is 0.181. The van der Waals surface area contributed by atoms with Gasteiger partial charge in [-0.15, -0.1) is 0 Å². The lowest BCUT2D eigenvalue weighted by atomic mass is 10.2. The van der Waals surface area contributed by atoms with Gasteiger partial charge in [-0.3, -0.25) is 0 Å². The Hall–Kier alpha value is 0.180. The van der Waals surface area contributed by atoms with Crippen LogP contribution in [0, 0.1) is 5.92 Å². The Morgan fingerprint density at radius 2 is 2.50 bits per heavy atom. The van der Waals surface area contributed by atoms with Gasteiger partial charge in [0.05, 0.1) is 5.60 Å². The second-order valence-electron chi connectivity index (χ2n) is 2.87. The molecule has 1 saturated carbocycles. The molecule has 58 valence electrons. The fraction of sp³-hybridized carbons (Fsp3) is 0.750. The molecule has 1 N–H and O–H groups in total. The number of rotatable bonds is 3. The summed E-state index contributed by atoms with van der Waals surface area (Å²) in [6, 6.07) is 0. The molecule has 2 heteroatoms. The summed E-state index contributed by atoms with van der Waals surface area (Å²) in [4.78, 5) is 0. The van der Waals surface area contributed by atoms with Gasteiger partial charge in [-0.1, -0.05) is 28.1 Å². The highest BCUT2D eigenvalue weighted by atomic mass is 79.9. The quantitative estimate of drug-likeness (QED) is 0.552. The first-order chi connectivity index (χ1) is 4.73. The Labute approximate surface area is 70.3 Å². The molecule has 0 saturated heterocycles. The van der Waals surface area contributed by atoms with Gasteiger partial charge in [0.2, 0.25) is 0 Å². The van der Waals surface area contributed by atoms with Crippen molar-refractivity contribution in [1.82, 2.24) is 0 Å². The lowest BCUT2D eigenvalue weighted by Gasteiger charge is -2.00. The normalized spacial score (nSPS) is 38.9.